The smallest absolute Gasteiger partial charge is 0.259 e. The van der Waals surface area contributed by atoms with E-state index in [1.807, 2.05) is 32.0 Å². The predicted octanol–water partition coefficient (Wildman–Crippen LogP) is 3.50. The average molecular weight is 347 g/mol. The van der Waals surface area contributed by atoms with E-state index in [0.29, 0.717) is 16.5 Å². The molecule has 0 bridgehead atoms. The molecule has 0 aliphatic rings. The average Bonchev–Trinajstić information content (AvgIpc) is 2.54. The predicted molar refractivity (Wildman–Crippen MR) is 94.6 cm³/mol. The van der Waals surface area contributed by atoms with Crippen molar-refractivity contribution in [3.05, 3.63) is 59.1 Å². The SMILES string of the molecule is CC(C)NC(=O)COc1ccc(Cl)cc1C(=O)Nc1ccccc1. The van der Waals surface area contributed by atoms with Crippen LogP contribution in [0.1, 0.15) is 24.2 Å². The van der Waals surface area contributed by atoms with Gasteiger partial charge in [0.25, 0.3) is 11.8 Å². The zero-order valence-corrected chi connectivity index (χ0v) is 14.3. The number of ether oxygens (including phenoxy) is 1. The van der Waals surface area contributed by atoms with E-state index in [1.54, 1.807) is 24.3 Å². The zero-order chi connectivity index (χ0) is 17.5. The first kappa shape index (κ1) is 17.8. The van der Waals surface area contributed by atoms with Crippen molar-refractivity contribution in [1.29, 1.82) is 0 Å². The Morgan fingerprint density at radius 1 is 1.12 bits per heavy atom. The molecule has 2 rings (SSSR count). The van der Waals surface area contributed by atoms with Gasteiger partial charge >= 0.3 is 0 Å². The van der Waals surface area contributed by atoms with Crippen LogP contribution >= 0.6 is 11.6 Å². The Bertz CT molecular complexity index is 717. The number of anilines is 1. The number of carbonyl (C=O) groups is 2. The van der Waals surface area contributed by atoms with Gasteiger partial charge in [0.15, 0.2) is 6.61 Å². The van der Waals surface area contributed by atoms with Gasteiger partial charge in [0.1, 0.15) is 5.75 Å². The number of carbonyl (C=O) groups excluding carboxylic acids is 2. The van der Waals surface area contributed by atoms with E-state index in [9.17, 15) is 9.59 Å². The summed E-state index contributed by atoms with van der Waals surface area (Å²) in [6.45, 7) is 3.54. The number of halogens is 1. The molecular weight excluding hydrogens is 328 g/mol. The van der Waals surface area contributed by atoms with E-state index >= 15 is 0 Å². The van der Waals surface area contributed by atoms with Gasteiger partial charge in [-0.15, -0.1) is 0 Å². The first-order valence-corrected chi connectivity index (χ1v) is 7.91. The molecule has 0 atom stereocenters. The monoisotopic (exact) mass is 346 g/mol. The third-order valence-electron chi connectivity index (χ3n) is 3.03. The summed E-state index contributed by atoms with van der Waals surface area (Å²) >= 11 is 5.98. The van der Waals surface area contributed by atoms with Crippen molar-refractivity contribution in [2.24, 2.45) is 0 Å². The second-order valence-corrected chi connectivity index (χ2v) is 5.91. The van der Waals surface area contributed by atoms with E-state index in [0.717, 1.165) is 0 Å². The van der Waals surface area contributed by atoms with Crippen LogP contribution in [0.3, 0.4) is 0 Å². The maximum Gasteiger partial charge on any atom is 0.259 e. The fourth-order valence-electron chi connectivity index (χ4n) is 2.03. The Morgan fingerprint density at radius 3 is 2.50 bits per heavy atom. The minimum Gasteiger partial charge on any atom is -0.483 e. The Balaban J connectivity index is 2.12. The highest BCUT2D eigenvalue weighted by Crippen LogP contribution is 2.24. The van der Waals surface area contributed by atoms with Gasteiger partial charge in [-0.25, -0.2) is 0 Å². The van der Waals surface area contributed by atoms with Crippen molar-refractivity contribution in [2.75, 3.05) is 11.9 Å². The minimum atomic E-state index is -0.358. The highest BCUT2D eigenvalue weighted by atomic mass is 35.5. The van der Waals surface area contributed by atoms with Crippen LogP contribution in [-0.4, -0.2) is 24.5 Å². The third kappa shape index (κ3) is 5.28. The largest absolute Gasteiger partial charge is 0.483 e. The lowest BCUT2D eigenvalue weighted by molar-refractivity contribution is -0.123. The van der Waals surface area contributed by atoms with Crippen LogP contribution in [-0.2, 0) is 4.79 Å². The Kier molecular flexibility index (Phi) is 6.21. The van der Waals surface area contributed by atoms with Crippen molar-refractivity contribution < 1.29 is 14.3 Å². The third-order valence-corrected chi connectivity index (χ3v) is 3.26. The Labute approximate surface area is 146 Å². The highest BCUT2D eigenvalue weighted by Gasteiger charge is 2.15. The van der Waals surface area contributed by atoms with Gasteiger partial charge in [-0.1, -0.05) is 29.8 Å². The zero-order valence-electron chi connectivity index (χ0n) is 13.5. The second-order valence-electron chi connectivity index (χ2n) is 5.47. The van der Waals surface area contributed by atoms with E-state index in [4.69, 9.17) is 16.3 Å². The Hall–Kier alpha value is -2.53. The maximum absolute atomic E-state index is 12.5. The lowest BCUT2D eigenvalue weighted by Gasteiger charge is -2.13. The fourth-order valence-corrected chi connectivity index (χ4v) is 2.20. The van der Waals surface area contributed by atoms with Crippen LogP contribution in [0.2, 0.25) is 5.02 Å². The van der Waals surface area contributed by atoms with E-state index in [2.05, 4.69) is 10.6 Å². The van der Waals surface area contributed by atoms with Crippen LogP contribution in [0.25, 0.3) is 0 Å². The molecule has 2 aromatic carbocycles. The quantitative estimate of drug-likeness (QED) is 0.841. The molecule has 0 spiro atoms. The Morgan fingerprint density at radius 2 is 1.83 bits per heavy atom. The van der Waals surface area contributed by atoms with Crippen LogP contribution in [0, 0.1) is 0 Å². The number of hydrogen-bond acceptors (Lipinski definition) is 3. The molecule has 0 unspecified atom stereocenters. The summed E-state index contributed by atoms with van der Waals surface area (Å²) in [7, 11) is 0. The summed E-state index contributed by atoms with van der Waals surface area (Å²) in [6.07, 6.45) is 0. The minimum absolute atomic E-state index is 0.0205. The van der Waals surface area contributed by atoms with Crippen LogP contribution in [0.15, 0.2) is 48.5 Å². The molecule has 0 saturated carbocycles. The van der Waals surface area contributed by atoms with Gasteiger partial charge in [-0.2, -0.15) is 0 Å². The fraction of sp³-hybridized carbons (Fsp3) is 0.222. The topological polar surface area (TPSA) is 67.4 Å². The molecule has 0 aliphatic carbocycles. The molecule has 0 aliphatic heterocycles. The first-order valence-electron chi connectivity index (χ1n) is 7.54. The van der Waals surface area contributed by atoms with Gasteiger partial charge in [0, 0.05) is 16.8 Å². The summed E-state index contributed by atoms with van der Waals surface area (Å²) in [4.78, 5) is 24.2. The molecule has 2 aromatic rings. The number of hydrogen-bond donors (Lipinski definition) is 2. The second kappa shape index (κ2) is 8.36. The van der Waals surface area contributed by atoms with Gasteiger partial charge in [0.2, 0.25) is 0 Å². The lowest BCUT2D eigenvalue weighted by Crippen LogP contribution is -2.34. The molecule has 6 heteroatoms. The molecule has 2 N–H and O–H groups in total. The van der Waals surface area contributed by atoms with Crippen molar-refractivity contribution in [2.45, 2.75) is 19.9 Å². The molecule has 0 radical (unpaired) electrons. The summed E-state index contributed by atoms with van der Waals surface area (Å²) < 4.78 is 5.48. The van der Waals surface area contributed by atoms with E-state index in [1.165, 1.54) is 6.07 Å². The molecule has 0 fully saturated rings. The molecule has 5 nitrogen and oxygen atoms in total. The molecule has 0 saturated heterocycles. The summed E-state index contributed by atoms with van der Waals surface area (Å²) in [5.74, 6) is -0.316. The summed E-state index contributed by atoms with van der Waals surface area (Å²) in [6, 6.07) is 13.8. The first-order chi connectivity index (χ1) is 11.5. The van der Waals surface area contributed by atoms with E-state index < -0.39 is 0 Å². The number of nitrogens with one attached hydrogen (secondary N) is 2. The molecule has 2 amide bonds. The molecule has 0 heterocycles. The van der Waals surface area contributed by atoms with Gasteiger partial charge in [-0.3, -0.25) is 9.59 Å². The van der Waals surface area contributed by atoms with Crippen molar-refractivity contribution >= 4 is 29.1 Å². The maximum atomic E-state index is 12.5. The van der Waals surface area contributed by atoms with Crippen molar-refractivity contribution in [3.8, 4) is 5.75 Å². The van der Waals surface area contributed by atoms with Gasteiger partial charge in [-0.05, 0) is 44.2 Å². The molecular formula is C18H19ClN2O3. The van der Waals surface area contributed by atoms with Crippen LogP contribution in [0.4, 0.5) is 5.69 Å². The van der Waals surface area contributed by atoms with Gasteiger partial charge < -0.3 is 15.4 Å². The van der Waals surface area contributed by atoms with Crippen molar-refractivity contribution in [1.82, 2.24) is 5.32 Å². The summed E-state index contributed by atoms with van der Waals surface area (Å²) in [5, 5.41) is 5.90. The van der Waals surface area contributed by atoms with Crippen LogP contribution in [0.5, 0.6) is 5.75 Å². The van der Waals surface area contributed by atoms with Crippen LogP contribution < -0.4 is 15.4 Å². The molecule has 126 valence electrons. The number of para-hydroxylation sites is 1. The number of benzene rings is 2. The molecule has 0 aromatic heterocycles. The van der Waals surface area contributed by atoms with Gasteiger partial charge in [0.05, 0.1) is 5.56 Å². The standard InChI is InChI=1S/C18H19ClN2O3/c1-12(2)20-17(22)11-24-16-9-8-13(19)10-15(16)18(23)21-14-6-4-3-5-7-14/h3-10,12H,11H2,1-2H3,(H,20,22)(H,21,23). The molecule has 24 heavy (non-hydrogen) atoms. The van der Waals surface area contributed by atoms with E-state index in [-0.39, 0.29) is 30.0 Å². The number of amides is 2. The van der Waals surface area contributed by atoms with Crippen molar-refractivity contribution in [3.63, 3.8) is 0 Å². The highest BCUT2D eigenvalue weighted by molar-refractivity contribution is 6.31. The lowest BCUT2D eigenvalue weighted by atomic mass is 10.2. The normalized spacial score (nSPS) is 10.3. The number of rotatable bonds is 6. The summed E-state index contributed by atoms with van der Waals surface area (Å²) in [5.41, 5.74) is 0.926.